The summed E-state index contributed by atoms with van der Waals surface area (Å²) in [6.45, 7) is 13.1. The third kappa shape index (κ3) is 15.2. The summed E-state index contributed by atoms with van der Waals surface area (Å²) in [4.78, 5) is 120. The Bertz CT molecular complexity index is 6640. The molecule has 7 aromatic heterocycles. The second kappa shape index (κ2) is 29.7. The third-order valence-electron chi connectivity index (χ3n) is 20.7. The second-order valence-electron chi connectivity index (χ2n) is 29.4. The molecule has 3 aliphatic rings. The number of benzene rings is 5. The fourth-order valence-electron chi connectivity index (χ4n) is 15.2. The Morgan fingerprint density at radius 2 is 0.938 bits per heavy atom. The summed E-state index contributed by atoms with van der Waals surface area (Å²) in [7, 11) is -3.81. The zero-order chi connectivity index (χ0) is 80.5. The Balaban J connectivity index is 0.717. The molecular formula is C81H70F3I3N12O13S. The lowest BCUT2D eigenvalue weighted by atomic mass is 9.96. The van der Waals surface area contributed by atoms with E-state index in [4.69, 9.17) is 13.3 Å². The van der Waals surface area contributed by atoms with E-state index in [1.807, 2.05) is 81.6 Å². The van der Waals surface area contributed by atoms with Crippen molar-refractivity contribution in [2.45, 2.75) is 117 Å². The normalized spacial score (nSPS) is 16.0. The molecule has 0 spiro atoms. The summed E-state index contributed by atoms with van der Waals surface area (Å²) in [6.07, 6.45) is 4.79. The SMILES string of the molecule is Cc1c(Nc2ccc(I)cc2F)c2c(=O)n(C3CC3)c(C)c(-c3cccc(NC(=O)NC4CC4n4c(C)c(-c5cccc(NC(=O)NC(C)(C)CC6CC6n6c(C)c(-c7ccnc(NS(C)(=O)=O)c7)c7oc(=O)c(C)c(Nc8ccc(I)cc8F)c7c6=O)c5)c5oc(=O)c(C)c(Nc6ccc(I)cc6F)c5c4=O)c3)c2oc1=O. The van der Waals surface area contributed by atoms with Gasteiger partial charge in [-0.05, 0) is 269 Å². The number of rotatable bonds is 20. The van der Waals surface area contributed by atoms with Gasteiger partial charge in [-0.1, -0.05) is 24.3 Å². The predicted molar refractivity (Wildman–Crippen MR) is 454 cm³/mol. The number of fused-ring (bicyclic) bond motifs is 3. The zero-order valence-electron chi connectivity index (χ0n) is 61.7. The van der Waals surface area contributed by atoms with Crippen LogP contribution in [0.15, 0.2) is 163 Å². The number of hydrogen-bond acceptors (Lipinski definition) is 17. The van der Waals surface area contributed by atoms with Crippen LogP contribution in [0.1, 0.15) is 97.8 Å². The van der Waals surface area contributed by atoms with Crippen LogP contribution in [0.4, 0.5) is 74.1 Å². The Hall–Kier alpha value is -10.6. The average molecular weight is 1890 g/mol. The van der Waals surface area contributed by atoms with Crippen LogP contribution in [0.25, 0.3) is 66.3 Å². The fraction of sp³-hybridized carbons (Fsp3) is 0.247. The van der Waals surface area contributed by atoms with E-state index in [1.54, 1.807) is 103 Å². The fourth-order valence-corrected chi connectivity index (χ4v) is 17.0. The van der Waals surface area contributed by atoms with Gasteiger partial charge in [0.1, 0.15) is 39.4 Å². The number of urea groups is 2. The molecule has 4 unspecified atom stereocenters. The summed E-state index contributed by atoms with van der Waals surface area (Å²) in [6, 6.07) is 26.5. The molecule has 8 N–H and O–H groups in total. The molecule has 580 valence electrons. The van der Waals surface area contributed by atoms with Gasteiger partial charge in [0.15, 0.2) is 16.7 Å². The second-order valence-corrected chi connectivity index (χ2v) is 34.9. The molecule has 4 amide bonds. The van der Waals surface area contributed by atoms with Gasteiger partial charge in [-0.25, -0.2) is 50.5 Å². The lowest BCUT2D eigenvalue weighted by Gasteiger charge is -2.27. The quantitative estimate of drug-likeness (QED) is 0.0329. The van der Waals surface area contributed by atoms with E-state index in [0.717, 1.165) is 19.1 Å². The molecule has 0 radical (unpaired) electrons. The third-order valence-corrected chi connectivity index (χ3v) is 23.3. The minimum absolute atomic E-state index is 0.00587. The van der Waals surface area contributed by atoms with E-state index < -0.39 is 96.8 Å². The van der Waals surface area contributed by atoms with Gasteiger partial charge < -0.3 is 64.2 Å². The first-order valence-corrected chi connectivity index (χ1v) is 40.9. The molecule has 7 heterocycles. The molecule has 32 heteroatoms. The van der Waals surface area contributed by atoms with Gasteiger partial charge in [0.2, 0.25) is 10.0 Å². The summed E-state index contributed by atoms with van der Waals surface area (Å²) in [5, 5.41) is 20.9. The first-order valence-electron chi connectivity index (χ1n) is 35.8. The Labute approximate surface area is 682 Å². The van der Waals surface area contributed by atoms with Gasteiger partial charge in [-0.3, -0.25) is 19.1 Å². The van der Waals surface area contributed by atoms with Crippen LogP contribution in [0.2, 0.25) is 0 Å². The van der Waals surface area contributed by atoms with E-state index in [1.165, 1.54) is 74.0 Å². The maximum atomic E-state index is 15.9. The van der Waals surface area contributed by atoms with Crippen molar-refractivity contribution < 1.29 is 44.4 Å². The van der Waals surface area contributed by atoms with Crippen LogP contribution < -0.4 is 75.5 Å². The summed E-state index contributed by atoms with van der Waals surface area (Å²) in [5.41, 5.74) is -1.34. The maximum Gasteiger partial charge on any atom is 0.341 e. The van der Waals surface area contributed by atoms with Crippen molar-refractivity contribution in [3.63, 3.8) is 0 Å². The number of halogens is 6. The summed E-state index contributed by atoms with van der Waals surface area (Å²) < 4.78 is 98.8. The molecule has 15 rings (SSSR count). The number of pyridine rings is 4. The first kappa shape index (κ1) is 77.7. The monoisotopic (exact) mass is 1890 g/mol. The van der Waals surface area contributed by atoms with Gasteiger partial charge >= 0.3 is 28.9 Å². The number of sulfonamides is 1. The highest BCUT2D eigenvalue weighted by Gasteiger charge is 2.46. The molecule has 5 aromatic carbocycles. The van der Waals surface area contributed by atoms with Crippen molar-refractivity contribution in [1.29, 1.82) is 0 Å². The van der Waals surface area contributed by atoms with Crippen LogP contribution in [-0.2, 0) is 10.0 Å². The number of carbonyl (C=O) groups is 2. The van der Waals surface area contributed by atoms with Crippen molar-refractivity contribution in [3.8, 4) is 33.4 Å². The lowest BCUT2D eigenvalue weighted by Crippen LogP contribution is -2.46. The summed E-state index contributed by atoms with van der Waals surface area (Å²) in [5.74, 6) is -2.20. The molecule has 25 nitrogen and oxygen atoms in total. The highest BCUT2D eigenvalue weighted by molar-refractivity contribution is 14.1. The van der Waals surface area contributed by atoms with Crippen LogP contribution in [0, 0.1) is 75.6 Å². The number of nitrogens with zero attached hydrogens (tertiary/aromatic N) is 4. The molecule has 3 fully saturated rings. The van der Waals surface area contributed by atoms with Gasteiger partial charge in [-0.2, -0.15) is 0 Å². The van der Waals surface area contributed by atoms with Gasteiger partial charge in [-0.15, -0.1) is 0 Å². The molecule has 3 saturated carbocycles. The van der Waals surface area contributed by atoms with E-state index in [0.29, 0.717) is 68.6 Å². The number of amides is 4. The minimum Gasteiger partial charge on any atom is -0.421 e. The first-order chi connectivity index (χ1) is 53.6. The molecule has 12 aromatic rings. The molecule has 113 heavy (non-hydrogen) atoms. The van der Waals surface area contributed by atoms with Gasteiger partial charge in [0.05, 0.1) is 69.2 Å². The van der Waals surface area contributed by atoms with Gasteiger partial charge in [0, 0.05) is 79.7 Å². The minimum atomic E-state index is -3.81. The Kier molecular flexibility index (Phi) is 20.4. The largest absolute Gasteiger partial charge is 0.421 e. The topological polar surface area (TPSA) is 334 Å². The van der Waals surface area contributed by atoms with Crippen LogP contribution in [-0.4, -0.2) is 57.0 Å². The number of hydrogen-bond donors (Lipinski definition) is 8. The van der Waals surface area contributed by atoms with Crippen molar-refractivity contribution in [2.24, 2.45) is 5.92 Å². The molecule has 0 aliphatic heterocycles. The van der Waals surface area contributed by atoms with Crippen LogP contribution in [0.3, 0.4) is 0 Å². The smallest absolute Gasteiger partial charge is 0.341 e. The molecular weight excluding hydrogens is 1820 g/mol. The molecule has 0 saturated heterocycles. The maximum absolute atomic E-state index is 15.9. The Morgan fingerprint density at radius 1 is 0.531 bits per heavy atom. The van der Waals surface area contributed by atoms with E-state index in [-0.39, 0.29) is 125 Å². The molecule has 0 bridgehead atoms. The van der Waals surface area contributed by atoms with Crippen molar-refractivity contribution in [2.75, 3.05) is 37.6 Å². The predicted octanol–water partition coefficient (Wildman–Crippen LogP) is 16.6. The van der Waals surface area contributed by atoms with Crippen molar-refractivity contribution in [1.82, 2.24) is 29.3 Å². The number of carbonyl (C=O) groups excluding carboxylic acids is 2. The number of aromatic nitrogens is 4. The van der Waals surface area contributed by atoms with Crippen LogP contribution >= 0.6 is 67.8 Å². The molecule has 4 atom stereocenters. The number of anilines is 9. The highest BCUT2D eigenvalue weighted by Crippen LogP contribution is 2.51. The van der Waals surface area contributed by atoms with Crippen molar-refractivity contribution in [3.05, 3.63) is 246 Å². The van der Waals surface area contributed by atoms with Gasteiger partial charge in [0.25, 0.3) is 16.7 Å². The van der Waals surface area contributed by atoms with Crippen molar-refractivity contribution >= 4 is 174 Å². The molecule has 3 aliphatic carbocycles. The van der Waals surface area contributed by atoms with E-state index >= 15 is 22.8 Å². The van der Waals surface area contributed by atoms with Crippen LogP contribution in [0.5, 0.6) is 0 Å². The summed E-state index contributed by atoms with van der Waals surface area (Å²) >= 11 is 5.92. The zero-order valence-corrected chi connectivity index (χ0v) is 69.0. The lowest BCUT2D eigenvalue weighted by molar-refractivity contribution is 0.237. The Morgan fingerprint density at radius 3 is 1.36 bits per heavy atom. The number of nitrogens with one attached hydrogen (secondary N) is 8. The standard InChI is InChI=1S/C81H70F3I3N12O13S/c1-35-67(91-54-21-16-45(85)30-51(54)82)64-70(110-76(35)103)61(38(4)97(73(64)100)50-19-20-50)41-12-10-14-48(26-41)89-79(106)94-57-33-59(57)99-40(6)62(71-66(75(99)102)69(37(3)77(104)111-71)93-56-23-18-47(87)32-53(56)84)42-13-11-15-49(27-42)90-80(107)95-81(7,8)34-44-28-58(44)98-39(5)63(43-24-25-88-60(29-43)96-113(9,108)109)72-65(74(98)101)68(36(2)78(105)112-72)92-55-22-17-46(86)31-52(55)83/h10-18,21-27,29-32,44,50,57-59,91-93H,19-20,28,33-34H2,1-9H3,(H,88,96)(H2,89,94,106)(H2,90,95,107). The van der Waals surface area contributed by atoms with E-state index in [9.17, 15) is 37.2 Å². The van der Waals surface area contributed by atoms with E-state index in [2.05, 4.69) is 46.9 Å². The highest BCUT2D eigenvalue weighted by atomic mass is 127. The average Bonchev–Trinajstić information content (AvgIpc) is 1.71.